The Balaban J connectivity index is 1.83. The molecular formula is C20H23N5O3. The maximum absolute atomic E-state index is 5.37. The lowest BCUT2D eigenvalue weighted by Crippen LogP contribution is -2.03. The van der Waals surface area contributed by atoms with Crippen molar-refractivity contribution in [2.24, 2.45) is 0 Å². The minimum atomic E-state index is 0.336. The zero-order valence-electron chi connectivity index (χ0n) is 16.5. The molecule has 0 spiro atoms. The Morgan fingerprint density at radius 1 is 0.786 bits per heavy atom. The lowest BCUT2D eigenvalue weighted by atomic mass is 10.1. The topological polar surface area (TPSA) is 90.4 Å². The molecule has 8 nitrogen and oxygen atoms in total. The van der Waals surface area contributed by atoms with Crippen molar-refractivity contribution in [1.82, 2.24) is 15.2 Å². The molecule has 28 heavy (non-hydrogen) atoms. The van der Waals surface area contributed by atoms with Crippen LogP contribution in [0, 0.1) is 13.8 Å². The average molecular weight is 381 g/mol. The number of benzene rings is 2. The quantitative estimate of drug-likeness (QED) is 0.635. The van der Waals surface area contributed by atoms with Crippen LogP contribution in [0.15, 0.2) is 36.5 Å². The second-order valence-corrected chi connectivity index (χ2v) is 6.13. The Morgan fingerprint density at radius 3 is 2.11 bits per heavy atom. The van der Waals surface area contributed by atoms with Crippen LogP contribution >= 0.6 is 0 Å². The van der Waals surface area contributed by atoms with E-state index in [2.05, 4.69) is 51.8 Å². The van der Waals surface area contributed by atoms with E-state index in [0.717, 1.165) is 5.69 Å². The molecule has 146 valence electrons. The van der Waals surface area contributed by atoms with Gasteiger partial charge in [-0.1, -0.05) is 6.07 Å². The zero-order valence-corrected chi connectivity index (χ0v) is 16.5. The van der Waals surface area contributed by atoms with E-state index >= 15 is 0 Å². The van der Waals surface area contributed by atoms with Gasteiger partial charge in [0, 0.05) is 23.5 Å². The first-order valence-corrected chi connectivity index (χ1v) is 8.65. The molecule has 0 atom stereocenters. The molecule has 0 aliphatic rings. The Morgan fingerprint density at radius 2 is 1.50 bits per heavy atom. The van der Waals surface area contributed by atoms with Gasteiger partial charge in [0.15, 0.2) is 17.3 Å². The van der Waals surface area contributed by atoms with E-state index in [1.165, 1.54) is 11.1 Å². The molecule has 2 aromatic carbocycles. The largest absolute Gasteiger partial charge is 0.493 e. The minimum Gasteiger partial charge on any atom is -0.493 e. The van der Waals surface area contributed by atoms with Crippen LogP contribution < -0.4 is 24.8 Å². The minimum absolute atomic E-state index is 0.336. The first-order valence-electron chi connectivity index (χ1n) is 8.65. The van der Waals surface area contributed by atoms with Gasteiger partial charge >= 0.3 is 0 Å². The fourth-order valence-electron chi connectivity index (χ4n) is 2.67. The molecule has 0 unspecified atom stereocenters. The van der Waals surface area contributed by atoms with Gasteiger partial charge in [-0.25, -0.2) is 0 Å². The number of nitrogens with zero attached hydrogens (tertiary/aromatic N) is 3. The first-order chi connectivity index (χ1) is 13.5. The number of nitrogens with one attached hydrogen (secondary N) is 2. The van der Waals surface area contributed by atoms with E-state index in [-0.39, 0.29) is 0 Å². The highest BCUT2D eigenvalue weighted by atomic mass is 16.5. The van der Waals surface area contributed by atoms with Gasteiger partial charge in [0.05, 0.1) is 27.5 Å². The van der Waals surface area contributed by atoms with Crippen molar-refractivity contribution in [1.29, 1.82) is 0 Å². The van der Waals surface area contributed by atoms with Crippen LogP contribution in [-0.2, 0) is 0 Å². The summed E-state index contributed by atoms with van der Waals surface area (Å²) in [5, 5.41) is 14.4. The van der Waals surface area contributed by atoms with Crippen molar-refractivity contribution in [3.63, 3.8) is 0 Å². The van der Waals surface area contributed by atoms with Crippen LogP contribution in [0.25, 0.3) is 0 Å². The number of hydrogen-bond donors (Lipinski definition) is 2. The van der Waals surface area contributed by atoms with Gasteiger partial charge in [0.1, 0.15) is 0 Å². The average Bonchev–Trinajstić information content (AvgIpc) is 2.70. The third-order valence-electron chi connectivity index (χ3n) is 4.26. The molecule has 0 amide bonds. The van der Waals surface area contributed by atoms with E-state index in [1.807, 2.05) is 6.07 Å². The number of aryl methyl sites for hydroxylation is 2. The number of anilines is 4. The predicted octanol–water partition coefficient (Wildman–Crippen LogP) is 4.00. The van der Waals surface area contributed by atoms with Crippen LogP contribution in [0.1, 0.15) is 11.1 Å². The summed E-state index contributed by atoms with van der Waals surface area (Å²) >= 11 is 0. The molecule has 8 heteroatoms. The number of ether oxygens (including phenoxy) is 3. The SMILES string of the molecule is COc1cc(Nc2nncc(Nc3ccc(C)c(C)c3)n2)cc(OC)c1OC. The summed E-state index contributed by atoms with van der Waals surface area (Å²) in [5.41, 5.74) is 4.04. The van der Waals surface area contributed by atoms with Gasteiger partial charge in [-0.05, 0) is 37.1 Å². The highest BCUT2D eigenvalue weighted by Gasteiger charge is 2.14. The van der Waals surface area contributed by atoms with Gasteiger partial charge in [-0.15, -0.1) is 5.10 Å². The van der Waals surface area contributed by atoms with Crippen LogP contribution in [0.3, 0.4) is 0 Å². The molecule has 0 fully saturated rings. The smallest absolute Gasteiger partial charge is 0.249 e. The van der Waals surface area contributed by atoms with Crippen LogP contribution in [0.4, 0.5) is 23.1 Å². The number of methoxy groups -OCH3 is 3. The fourth-order valence-corrected chi connectivity index (χ4v) is 2.67. The van der Waals surface area contributed by atoms with E-state index < -0.39 is 0 Å². The third-order valence-corrected chi connectivity index (χ3v) is 4.26. The molecule has 1 aromatic heterocycles. The van der Waals surface area contributed by atoms with E-state index in [1.54, 1.807) is 39.7 Å². The highest BCUT2D eigenvalue weighted by molar-refractivity contribution is 5.66. The first kappa shape index (κ1) is 19.2. The van der Waals surface area contributed by atoms with Crippen molar-refractivity contribution in [3.05, 3.63) is 47.7 Å². The summed E-state index contributed by atoms with van der Waals surface area (Å²) in [6, 6.07) is 9.66. The maximum atomic E-state index is 5.37. The van der Waals surface area contributed by atoms with Gasteiger partial charge in [-0.3, -0.25) is 0 Å². The van der Waals surface area contributed by atoms with Crippen molar-refractivity contribution in [3.8, 4) is 17.2 Å². The van der Waals surface area contributed by atoms with Gasteiger partial charge in [-0.2, -0.15) is 10.1 Å². The molecule has 2 N–H and O–H groups in total. The number of hydrogen-bond acceptors (Lipinski definition) is 8. The van der Waals surface area contributed by atoms with Crippen molar-refractivity contribution >= 4 is 23.1 Å². The standard InChI is InChI=1S/C20H23N5O3/c1-12-6-7-14(8-13(12)2)22-18-11-21-25-20(24-18)23-15-9-16(26-3)19(28-5)17(10-15)27-4/h6-11H,1-5H3,(H2,22,23,24,25). The second kappa shape index (κ2) is 8.43. The Hall–Kier alpha value is -3.55. The summed E-state index contributed by atoms with van der Waals surface area (Å²) in [6.45, 7) is 4.14. The summed E-state index contributed by atoms with van der Waals surface area (Å²) in [6.07, 6.45) is 1.57. The van der Waals surface area contributed by atoms with E-state index in [4.69, 9.17) is 14.2 Å². The van der Waals surface area contributed by atoms with E-state index in [9.17, 15) is 0 Å². The van der Waals surface area contributed by atoms with Crippen molar-refractivity contribution in [2.45, 2.75) is 13.8 Å². The van der Waals surface area contributed by atoms with Crippen LogP contribution in [-0.4, -0.2) is 36.5 Å². The van der Waals surface area contributed by atoms with Crippen LogP contribution in [0.2, 0.25) is 0 Å². The van der Waals surface area contributed by atoms with E-state index in [0.29, 0.717) is 34.7 Å². The van der Waals surface area contributed by atoms with Gasteiger partial charge in [0.2, 0.25) is 11.7 Å². The highest BCUT2D eigenvalue weighted by Crippen LogP contribution is 2.40. The molecular weight excluding hydrogens is 358 g/mol. The molecule has 0 saturated heterocycles. The van der Waals surface area contributed by atoms with Crippen molar-refractivity contribution < 1.29 is 14.2 Å². The number of aromatic nitrogens is 3. The Kier molecular flexibility index (Phi) is 5.78. The molecule has 0 aliphatic carbocycles. The third kappa shape index (κ3) is 4.22. The normalized spacial score (nSPS) is 10.3. The Labute approximate surface area is 163 Å². The summed E-state index contributed by atoms with van der Waals surface area (Å²) in [5.74, 6) is 2.49. The Bertz CT molecular complexity index is 953. The summed E-state index contributed by atoms with van der Waals surface area (Å²) < 4.78 is 16.1. The lowest BCUT2D eigenvalue weighted by molar-refractivity contribution is 0.324. The predicted molar refractivity (Wildman–Crippen MR) is 108 cm³/mol. The second-order valence-electron chi connectivity index (χ2n) is 6.13. The fraction of sp³-hybridized carbons (Fsp3) is 0.250. The molecule has 3 aromatic rings. The lowest BCUT2D eigenvalue weighted by Gasteiger charge is -2.14. The molecule has 0 saturated carbocycles. The monoisotopic (exact) mass is 381 g/mol. The molecule has 1 heterocycles. The molecule has 0 radical (unpaired) electrons. The van der Waals surface area contributed by atoms with Gasteiger partial charge < -0.3 is 24.8 Å². The summed E-state index contributed by atoms with van der Waals surface area (Å²) in [7, 11) is 4.68. The molecule has 0 bridgehead atoms. The zero-order chi connectivity index (χ0) is 20.1. The van der Waals surface area contributed by atoms with Crippen LogP contribution in [0.5, 0.6) is 17.2 Å². The number of rotatable bonds is 7. The van der Waals surface area contributed by atoms with Crippen molar-refractivity contribution in [2.75, 3.05) is 32.0 Å². The molecule has 0 aliphatic heterocycles. The molecule has 3 rings (SSSR count). The maximum Gasteiger partial charge on any atom is 0.249 e. The van der Waals surface area contributed by atoms with Gasteiger partial charge in [0.25, 0.3) is 0 Å². The summed E-state index contributed by atoms with van der Waals surface area (Å²) in [4.78, 5) is 4.46.